The zero-order chi connectivity index (χ0) is 20.6. The number of benzene rings is 2. The molecule has 1 N–H and O–H groups in total. The molecule has 0 amide bonds. The Morgan fingerprint density at radius 1 is 1.17 bits per heavy atom. The van der Waals surface area contributed by atoms with Gasteiger partial charge in [-0.3, -0.25) is 4.99 Å². The number of hydrogen-bond donors (Lipinski definition) is 1. The summed E-state index contributed by atoms with van der Waals surface area (Å²) in [5.41, 5.74) is 2.31. The Morgan fingerprint density at radius 3 is 2.60 bits per heavy atom. The molecular weight excluding hydrogens is 493 g/mol. The van der Waals surface area contributed by atoms with Gasteiger partial charge in [-0.2, -0.15) is 0 Å². The molecule has 0 radical (unpaired) electrons. The van der Waals surface area contributed by atoms with Gasteiger partial charge in [0, 0.05) is 51.3 Å². The van der Waals surface area contributed by atoms with Gasteiger partial charge in [0.15, 0.2) is 5.96 Å². The molecule has 0 saturated carbocycles. The zero-order valence-electron chi connectivity index (χ0n) is 18.1. The Kier molecular flexibility index (Phi) is 9.71. The SMILES string of the molecule is CN=C(NCC1CCOC1c1ccccc1)N(C)Cc1ccc(OC)cc1OC.I. The summed E-state index contributed by atoms with van der Waals surface area (Å²) in [5, 5.41) is 3.52. The van der Waals surface area contributed by atoms with Gasteiger partial charge in [0.05, 0.1) is 20.3 Å². The molecule has 30 heavy (non-hydrogen) atoms. The lowest BCUT2D eigenvalue weighted by molar-refractivity contribution is 0.0914. The van der Waals surface area contributed by atoms with Crippen molar-refractivity contribution in [3.05, 3.63) is 59.7 Å². The van der Waals surface area contributed by atoms with Gasteiger partial charge in [0.25, 0.3) is 0 Å². The van der Waals surface area contributed by atoms with E-state index < -0.39 is 0 Å². The van der Waals surface area contributed by atoms with Crippen LogP contribution in [0.15, 0.2) is 53.5 Å². The second-order valence-electron chi connectivity index (χ2n) is 7.21. The summed E-state index contributed by atoms with van der Waals surface area (Å²) >= 11 is 0. The van der Waals surface area contributed by atoms with Gasteiger partial charge in [-0.05, 0) is 24.1 Å². The van der Waals surface area contributed by atoms with E-state index in [4.69, 9.17) is 14.2 Å². The first-order valence-corrected chi connectivity index (χ1v) is 9.95. The Morgan fingerprint density at radius 2 is 1.93 bits per heavy atom. The smallest absolute Gasteiger partial charge is 0.193 e. The van der Waals surface area contributed by atoms with E-state index in [1.54, 1.807) is 14.2 Å². The number of halogens is 1. The van der Waals surface area contributed by atoms with Crippen LogP contribution in [0.2, 0.25) is 0 Å². The van der Waals surface area contributed by atoms with Crippen LogP contribution in [0, 0.1) is 5.92 Å². The molecule has 0 aliphatic carbocycles. The van der Waals surface area contributed by atoms with E-state index in [0.29, 0.717) is 12.5 Å². The lowest BCUT2D eigenvalue weighted by atomic mass is 9.95. The molecule has 2 unspecified atom stereocenters. The normalized spacial score (nSPS) is 18.5. The van der Waals surface area contributed by atoms with Crippen LogP contribution in [0.3, 0.4) is 0 Å². The number of hydrogen-bond acceptors (Lipinski definition) is 4. The topological polar surface area (TPSA) is 55.3 Å². The lowest BCUT2D eigenvalue weighted by Gasteiger charge is -2.26. The second kappa shape index (κ2) is 12.0. The van der Waals surface area contributed by atoms with E-state index in [9.17, 15) is 0 Å². The summed E-state index contributed by atoms with van der Waals surface area (Å²) in [5.74, 6) is 2.85. The van der Waals surface area contributed by atoms with Gasteiger partial charge in [0.2, 0.25) is 0 Å². The van der Waals surface area contributed by atoms with E-state index >= 15 is 0 Å². The predicted molar refractivity (Wildman–Crippen MR) is 131 cm³/mol. The van der Waals surface area contributed by atoms with Crippen LogP contribution >= 0.6 is 24.0 Å². The number of methoxy groups -OCH3 is 2. The molecule has 0 bridgehead atoms. The fourth-order valence-electron chi connectivity index (χ4n) is 3.77. The summed E-state index contributed by atoms with van der Waals surface area (Å²) < 4.78 is 16.8. The maximum atomic E-state index is 6.00. The Balaban J connectivity index is 0.00000320. The van der Waals surface area contributed by atoms with Crippen LogP contribution in [0.1, 0.15) is 23.7 Å². The van der Waals surface area contributed by atoms with Gasteiger partial charge in [-0.15, -0.1) is 24.0 Å². The largest absolute Gasteiger partial charge is 0.497 e. The van der Waals surface area contributed by atoms with Crippen molar-refractivity contribution < 1.29 is 14.2 Å². The molecule has 2 atom stereocenters. The molecule has 3 rings (SSSR count). The molecule has 2 aromatic carbocycles. The molecule has 1 heterocycles. The molecule has 1 aliphatic heterocycles. The number of aliphatic imine (C=N–C) groups is 1. The molecule has 164 valence electrons. The first kappa shape index (κ1) is 24.3. The first-order chi connectivity index (χ1) is 14.2. The summed E-state index contributed by atoms with van der Waals surface area (Å²) in [4.78, 5) is 6.55. The van der Waals surface area contributed by atoms with Crippen LogP contribution in [-0.2, 0) is 11.3 Å². The van der Waals surface area contributed by atoms with E-state index in [-0.39, 0.29) is 30.1 Å². The van der Waals surface area contributed by atoms with Crippen molar-refractivity contribution in [2.75, 3.05) is 41.5 Å². The van der Waals surface area contributed by atoms with Crippen LogP contribution in [-0.4, -0.2) is 52.3 Å². The molecule has 1 aliphatic rings. The molecule has 0 spiro atoms. The van der Waals surface area contributed by atoms with E-state index in [1.807, 2.05) is 38.4 Å². The summed E-state index contributed by atoms with van der Waals surface area (Å²) in [6, 6.07) is 16.3. The molecule has 2 aromatic rings. The quantitative estimate of drug-likeness (QED) is 0.335. The molecule has 7 heteroatoms. The zero-order valence-corrected chi connectivity index (χ0v) is 20.5. The number of nitrogens with zero attached hydrogens (tertiary/aromatic N) is 2. The third kappa shape index (κ3) is 6.01. The van der Waals surface area contributed by atoms with Crippen molar-refractivity contribution >= 4 is 29.9 Å². The third-order valence-electron chi connectivity index (χ3n) is 5.34. The molecule has 1 saturated heterocycles. The maximum Gasteiger partial charge on any atom is 0.193 e. The van der Waals surface area contributed by atoms with E-state index in [1.165, 1.54) is 5.56 Å². The highest BCUT2D eigenvalue weighted by molar-refractivity contribution is 14.0. The highest BCUT2D eigenvalue weighted by Gasteiger charge is 2.29. The first-order valence-electron chi connectivity index (χ1n) is 9.95. The number of nitrogens with one attached hydrogen (secondary N) is 1. The van der Waals surface area contributed by atoms with Crippen molar-refractivity contribution in [1.82, 2.24) is 10.2 Å². The third-order valence-corrected chi connectivity index (χ3v) is 5.34. The summed E-state index contributed by atoms with van der Waals surface area (Å²) in [7, 11) is 7.17. The van der Waals surface area contributed by atoms with Crippen molar-refractivity contribution in [2.45, 2.75) is 19.1 Å². The highest BCUT2D eigenvalue weighted by atomic mass is 127. The number of rotatable bonds is 7. The standard InChI is InChI=1S/C23H31N3O3.HI/c1-24-23(26(2)16-19-10-11-20(27-3)14-21(19)28-4)25-15-18-12-13-29-22(18)17-8-6-5-7-9-17;/h5-11,14,18,22H,12-13,15-16H2,1-4H3,(H,24,25);1H. The van der Waals surface area contributed by atoms with Crippen LogP contribution in [0.5, 0.6) is 11.5 Å². The predicted octanol–water partition coefficient (Wildman–Crippen LogP) is 4.11. The van der Waals surface area contributed by atoms with Gasteiger partial charge >= 0.3 is 0 Å². The molecular formula is C23H32IN3O3. The Bertz CT molecular complexity index is 817. The van der Waals surface area contributed by atoms with Gasteiger partial charge in [0.1, 0.15) is 11.5 Å². The summed E-state index contributed by atoms with van der Waals surface area (Å²) in [6.07, 6.45) is 1.17. The van der Waals surface area contributed by atoms with E-state index in [0.717, 1.165) is 42.6 Å². The van der Waals surface area contributed by atoms with Crippen molar-refractivity contribution in [2.24, 2.45) is 10.9 Å². The fraction of sp³-hybridized carbons (Fsp3) is 0.435. The number of guanidine groups is 1. The highest BCUT2D eigenvalue weighted by Crippen LogP contribution is 2.34. The number of ether oxygens (including phenoxy) is 3. The van der Waals surface area contributed by atoms with Gasteiger partial charge in [-0.1, -0.05) is 30.3 Å². The molecule has 1 fully saturated rings. The minimum absolute atomic E-state index is 0. The van der Waals surface area contributed by atoms with Gasteiger partial charge < -0.3 is 24.4 Å². The van der Waals surface area contributed by atoms with Gasteiger partial charge in [-0.25, -0.2) is 0 Å². The molecule has 0 aromatic heterocycles. The minimum atomic E-state index is 0. The van der Waals surface area contributed by atoms with E-state index in [2.05, 4.69) is 39.5 Å². The Hall–Kier alpha value is -2.00. The molecule has 6 nitrogen and oxygen atoms in total. The average Bonchev–Trinajstić information content (AvgIpc) is 3.23. The summed E-state index contributed by atoms with van der Waals surface area (Å²) in [6.45, 7) is 2.29. The minimum Gasteiger partial charge on any atom is -0.497 e. The van der Waals surface area contributed by atoms with Crippen molar-refractivity contribution in [1.29, 1.82) is 0 Å². The van der Waals surface area contributed by atoms with Crippen LogP contribution < -0.4 is 14.8 Å². The van der Waals surface area contributed by atoms with Crippen molar-refractivity contribution in [3.63, 3.8) is 0 Å². The average molecular weight is 525 g/mol. The van der Waals surface area contributed by atoms with Crippen LogP contribution in [0.4, 0.5) is 0 Å². The Labute approximate surface area is 196 Å². The second-order valence-corrected chi connectivity index (χ2v) is 7.21. The monoisotopic (exact) mass is 525 g/mol. The lowest BCUT2D eigenvalue weighted by Crippen LogP contribution is -2.41. The fourth-order valence-corrected chi connectivity index (χ4v) is 3.77. The van der Waals surface area contributed by atoms with Crippen LogP contribution in [0.25, 0.3) is 0 Å². The van der Waals surface area contributed by atoms with Crippen molar-refractivity contribution in [3.8, 4) is 11.5 Å². The maximum absolute atomic E-state index is 6.00.